The summed E-state index contributed by atoms with van der Waals surface area (Å²) in [5, 5.41) is 9.96. The lowest BCUT2D eigenvalue weighted by molar-refractivity contribution is -0.116. The Labute approximate surface area is 113 Å². The number of hydrogen-bond acceptors (Lipinski definition) is 5. The van der Waals surface area contributed by atoms with Crippen LogP contribution in [0.3, 0.4) is 0 Å². The van der Waals surface area contributed by atoms with Crippen molar-refractivity contribution < 1.29 is 9.32 Å². The monoisotopic (exact) mass is 266 g/mol. The number of piperazine rings is 1. The number of nitrogens with zero attached hydrogens (tertiary/aromatic N) is 2. The van der Waals surface area contributed by atoms with Gasteiger partial charge in [-0.25, -0.2) is 0 Å². The summed E-state index contributed by atoms with van der Waals surface area (Å²) >= 11 is 0. The van der Waals surface area contributed by atoms with Crippen LogP contribution >= 0.6 is 0 Å². The second-order valence-electron chi connectivity index (χ2n) is 5.35. The first-order chi connectivity index (χ1) is 9.02. The van der Waals surface area contributed by atoms with Gasteiger partial charge in [0.1, 0.15) is 5.76 Å². The number of aryl methyl sites for hydroxylation is 1. The Bertz CT molecular complexity index is 422. The summed E-state index contributed by atoms with van der Waals surface area (Å²) < 4.78 is 4.90. The Morgan fingerprint density at radius 2 is 2.21 bits per heavy atom. The van der Waals surface area contributed by atoms with Crippen molar-refractivity contribution in [1.82, 2.24) is 15.4 Å². The normalized spacial score (nSPS) is 24.4. The number of rotatable bonds is 4. The zero-order chi connectivity index (χ0) is 13.8. The molecule has 0 spiro atoms. The molecule has 2 atom stereocenters. The largest absolute Gasteiger partial charge is 0.360 e. The summed E-state index contributed by atoms with van der Waals surface area (Å²) in [6.07, 6.45) is 0.478. The molecule has 0 aliphatic carbocycles. The van der Waals surface area contributed by atoms with Gasteiger partial charge in [0, 0.05) is 44.2 Å². The van der Waals surface area contributed by atoms with Crippen LogP contribution < -0.4 is 10.6 Å². The molecule has 2 unspecified atom stereocenters. The second kappa shape index (κ2) is 6.16. The number of carbonyl (C=O) groups excluding carboxylic acids is 1. The van der Waals surface area contributed by atoms with E-state index in [0.717, 1.165) is 19.6 Å². The van der Waals surface area contributed by atoms with E-state index in [1.54, 1.807) is 13.0 Å². The lowest BCUT2D eigenvalue weighted by atomic mass is 10.1. The first kappa shape index (κ1) is 14.0. The van der Waals surface area contributed by atoms with Crippen LogP contribution in [-0.4, -0.2) is 47.7 Å². The summed E-state index contributed by atoms with van der Waals surface area (Å²) in [7, 11) is 0. The maximum atomic E-state index is 11.8. The summed E-state index contributed by atoms with van der Waals surface area (Å²) in [6.45, 7) is 8.88. The van der Waals surface area contributed by atoms with Gasteiger partial charge in [-0.3, -0.25) is 9.69 Å². The van der Waals surface area contributed by atoms with Crippen LogP contribution in [0.5, 0.6) is 0 Å². The fraction of sp³-hybridized carbons (Fsp3) is 0.692. The fourth-order valence-corrected chi connectivity index (χ4v) is 2.51. The highest BCUT2D eigenvalue weighted by Gasteiger charge is 2.21. The standard InChI is InChI=1S/C13H22N4O2/c1-9-7-17(8-10(2)14-9)5-4-13(18)15-12-6-11(3)19-16-12/h6,9-10,14H,4-5,7-8H2,1-3H3,(H,15,16,18). The van der Waals surface area contributed by atoms with Crippen LogP contribution in [0.25, 0.3) is 0 Å². The molecule has 1 aromatic rings. The summed E-state index contributed by atoms with van der Waals surface area (Å²) in [5.41, 5.74) is 0. The van der Waals surface area contributed by atoms with Crippen LogP contribution in [0, 0.1) is 6.92 Å². The van der Waals surface area contributed by atoms with Crippen molar-refractivity contribution >= 4 is 11.7 Å². The molecule has 1 aromatic heterocycles. The molecule has 106 valence electrons. The first-order valence-corrected chi connectivity index (χ1v) is 6.74. The van der Waals surface area contributed by atoms with E-state index < -0.39 is 0 Å². The summed E-state index contributed by atoms with van der Waals surface area (Å²) in [4.78, 5) is 14.1. The Hall–Kier alpha value is -1.40. The van der Waals surface area contributed by atoms with Crippen LogP contribution in [0.4, 0.5) is 5.82 Å². The highest BCUT2D eigenvalue weighted by molar-refractivity contribution is 5.89. The van der Waals surface area contributed by atoms with E-state index in [1.807, 2.05) is 0 Å². The van der Waals surface area contributed by atoms with Crippen LogP contribution in [0.1, 0.15) is 26.0 Å². The number of nitrogens with one attached hydrogen (secondary N) is 2. The zero-order valence-corrected chi connectivity index (χ0v) is 11.8. The van der Waals surface area contributed by atoms with Crippen molar-refractivity contribution in [3.05, 3.63) is 11.8 Å². The lowest BCUT2D eigenvalue weighted by Crippen LogP contribution is -2.54. The number of carbonyl (C=O) groups is 1. The minimum atomic E-state index is -0.0212. The van der Waals surface area contributed by atoms with Gasteiger partial charge in [0.25, 0.3) is 0 Å². The van der Waals surface area contributed by atoms with Gasteiger partial charge >= 0.3 is 0 Å². The molecule has 1 amide bonds. The van der Waals surface area contributed by atoms with E-state index in [-0.39, 0.29) is 5.91 Å². The third kappa shape index (κ3) is 4.33. The van der Waals surface area contributed by atoms with Gasteiger partial charge in [-0.2, -0.15) is 0 Å². The van der Waals surface area contributed by atoms with E-state index in [2.05, 4.69) is 34.5 Å². The summed E-state index contributed by atoms with van der Waals surface area (Å²) in [5.74, 6) is 1.16. The van der Waals surface area contributed by atoms with E-state index in [1.165, 1.54) is 0 Å². The van der Waals surface area contributed by atoms with Crippen molar-refractivity contribution in [2.45, 2.75) is 39.3 Å². The van der Waals surface area contributed by atoms with Gasteiger partial charge in [-0.1, -0.05) is 5.16 Å². The molecule has 2 N–H and O–H groups in total. The third-order valence-electron chi connectivity index (χ3n) is 3.18. The van der Waals surface area contributed by atoms with Crippen molar-refractivity contribution in [3.8, 4) is 0 Å². The Morgan fingerprint density at radius 1 is 1.53 bits per heavy atom. The molecule has 1 fully saturated rings. The Morgan fingerprint density at radius 3 is 2.79 bits per heavy atom. The Kier molecular flexibility index (Phi) is 4.55. The highest BCUT2D eigenvalue weighted by Crippen LogP contribution is 2.08. The third-order valence-corrected chi connectivity index (χ3v) is 3.18. The zero-order valence-electron chi connectivity index (χ0n) is 11.8. The quantitative estimate of drug-likeness (QED) is 0.850. The number of aromatic nitrogens is 1. The smallest absolute Gasteiger partial charge is 0.226 e. The average Bonchev–Trinajstić information content (AvgIpc) is 2.71. The molecule has 1 saturated heterocycles. The van der Waals surface area contributed by atoms with Gasteiger partial charge in [-0.15, -0.1) is 0 Å². The van der Waals surface area contributed by atoms with Crippen LogP contribution in [0.15, 0.2) is 10.6 Å². The number of anilines is 1. The molecule has 19 heavy (non-hydrogen) atoms. The van der Waals surface area contributed by atoms with Gasteiger partial charge in [0.05, 0.1) is 0 Å². The van der Waals surface area contributed by atoms with Crippen LogP contribution in [-0.2, 0) is 4.79 Å². The van der Waals surface area contributed by atoms with Crippen molar-refractivity contribution in [2.24, 2.45) is 0 Å². The van der Waals surface area contributed by atoms with Gasteiger partial charge in [0.2, 0.25) is 5.91 Å². The number of hydrogen-bond donors (Lipinski definition) is 2. The lowest BCUT2D eigenvalue weighted by Gasteiger charge is -2.35. The maximum absolute atomic E-state index is 11.8. The topological polar surface area (TPSA) is 70.4 Å². The molecule has 0 radical (unpaired) electrons. The van der Waals surface area contributed by atoms with E-state index in [4.69, 9.17) is 4.52 Å². The molecule has 2 heterocycles. The molecule has 0 saturated carbocycles. The molecular formula is C13H22N4O2. The van der Waals surface area contributed by atoms with E-state index >= 15 is 0 Å². The van der Waals surface area contributed by atoms with Gasteiger partial charge in [0.15, 0.2) is 5.82 Å². The predicted molar refractivity (Wildman–Crippen MR) is 73.0 cm³/mol. The molecule has 1 aliphatic rings. The summed E-state index contributed by atoms with van der Waals surface area (Å²) in [6, 6.07) is 2.67. The Balaban J connectivity index is 1.74. The van der Waals surface area contributed by atoms with Gasteiger partial charge < -0.3 is 15.2 Å². The molecular weight excluding hydrogens is 244 g/mol. The van der Waals surface area contributed by atoms with Crippen molar-refractivity contribution in [2.75, 3.05) is 25.0 Å². The first-order valence-electron chi connectivity index (χ1n) is 6.74. The molecule has 2 rings (SSSR count). The average molecular weight is 266 g/mol. The van der Waals surface area contributed by atoms with Crippen molar-refractivity contribution in [3.63, 3.8) is 0 Å². The van der Waals surface area contributed by atoms with Crippen molar-refractivity contribution in [1.29, 1.82) is 0 Å². The maximum Gasteiger partial charge on any atom is 0.226 e. The van der Waals surface area contributed by atoms with E-state index in [0.29, 0.717) is 30.1 Å². The second-order valence-corrected chi connectivity index (χ2v) is 5.35. The predicted octanol–water partition coefficient (Wildman–Crippen LogP) is 0.994. The molecule has 6 nitrogen and oxygen atoms in total. The van der Waals surface area contributed by atoms with E-state index in [9.17, 15) is 4.79 Å². The minimum absolute atomic E-state index is 0.0212. The van der Waals surface area contributed by atoms with Crippen LogP contribution in [0.2, 0.25) is 0 Å². The molecule has 0 aromatic carbocycles. The molecule has 1 aliphatic heterocycles. The SMILES string of the molecule is Cc1cc(NC(=O)CCN2CC(C)NC(C)C2)no1. The minimum Gasteiger partial charge on any atom is -0.360 e. The molecule has 0 bridgehead atoms. The highest BCUT2D eigenvalue weighted by atomic mass is 16.5. The molecule has 6 heteroatoms. The van der Waals surface area contributed by atoms with Gasteiger partial charge in [-0.05, 0) is 20.8 Å². The fourth-order valence-electron chi connectivity index (χ4n) is 2.51. The number of amides is 1.